The second-order valence-electron chi connectivity index (χ2n) is 5.53. The van der Waals surface area contributed by atoms with Crippen molar-refractivity contribution in [2.75, 3.05) is 37.7 Å². The van der Waals surface area contributed by atoms with Crippen LogP contribution in [0.15, 0.2) is 18.2 Å². The highest BCUT2D eigenvalue weighted by Gasteiger charge is 2.21. The molecule has 2 aliphatic heterocycles. The van der Waals surface area contributed by atoms with Crippen molar-refractivity contribution in [2.24, 2.45) is 0 Å². The number of nitrogens with one attached hydrogen (secondary N) is 1. The summed E-state index contributed by atoms with van der Waals surface area (Å²) in [7, 11) is 0. The second-order valence-corrected chi connectivity index (χ2v) is 5.53. The number of hydrogen-bond acceptors (Lipinski definition) is 4. The molecule has 0 amide bonds. The lowest BCUT2D eigenvalue weighted by Gasteiger charge is -2.34. The molecule has 0 bridgehead atoms. The van der Waals surface area contributed by atoms with Gasteiger partial charge in [0.15, 0.2) is 0 Å². The summed E-state index contributed by atoms with van der Waals surface area (Å²) in [6.07, 6.45) is 0.240. The van der Waals surface area contributed by atoms with E-state index >= 15 is 0 Å². The van der Waals surface area contributed by atoms with Crippen molar-refractivity contribution >= 4 is 5.69 Å². The molecule has 2 fully saturated rings. The molecule has 4 heteroatoms. The van der Waals surface area contributed by atoms with Gasteiger partial charge in [-0.3, -0.25) is 0 Å². The van der Waals surface area contributed by atoms with Crippen molar-refractivity contribution in [1.29, 1.82) is 0 Å². The van der Waals surface area contributed by atoms with Crippen LogP contribution < -0.4 is 15.0 Å². The third-order valence-corrected chi connectivity index (χ3v) is 3.79. The topological polar surface area (TPSA) is 33.7 Å². The fourth-order valence-electron chi connectivity index (χ4n) is 2.59. The van der Waals surface area contributed by atoms with Crippen LogP contribution in [0.4, 0.5) is 5.69 Å². The fourth-order valence-corrected chi connectivity index (χ4v) is 2.59. The van der Waals surface area contributed by atoms with Gasteiger partial charge in [-0.25, -0.2) is 0 Å². The molecule has 0 aromatic heterocycles. The first-order valence-corrected chi connectivity index (χ1v) is 7.06. The van der Waals surface area contributed by atoms with E-state index in [4.69, 9.17) is 9.47 Å². The van der Waals surface area contributed by atoms with Crippen molar-refractivity contribution in [3.05, 3.63) is 23.8 Å². The molecule has 104 valence electrons. The van der Waals surface area contributed by atoms with Crippen LogP contribution >= 0.6 is 0 Å². The molecular weight excluding hydrogens is 240 g/mol. The first-order chi connectivity index (χ1) is 9.22. The van der Waals surface area contributed by atoms with Crippen LogP contribution in [0.25, 0.3) is 0 Å². The normalized spacial score (nSPS) is 24.1. The van der Waals surface area contributed by atoms with Gasteiger partial charge in [-0.15, -0.1) is 0 Å². The van der Waals surface area contributed by atoms with Crippen LogP contribution in [0.3, 0.4) is 0 Å². The Hall–Kier alpha value is -1.26. The van der Waals surface area contributed by atoms with Crippen LogP contribution in [-0.2, 0) is 4.74 Å². The average molecular weight is 262 g/mol. The van der Waals surface area contributed by atoms with E-state index in [2.05, 4.69) is 42.3 Å². The Balaban J connectivity index is 1.70. The van der Waals surface area contributed by atoms with Crippen molar-refractivity contribution in [1.82, 2.24) is 5.32 Å². The molecule has 19 heavy (non-hydrogen) atoms. The number of piperazine rings is 1. The zero-order valence-electron chi connectivity index (χ0n) is 11.7. The van der Waals surface area contributed by atoms with Gasteiger partial charge in [0.2, 0.25) is 0 Å². The van der Waals surface area contributed by atoms with E-state index in [0.29, 0.717) is 6.04 Å². The quantitative estimate of drug-likeness (QED) is 0.896. The Morgan fingerprint density at radius 3 is 2.84 bits per heavy atom. The maximum absolute atomic E-state index is 5.89. The Bertz CT molecular complexity index is 446. The Kier molecular flexibility index (Phi) is 3.62. The SMILES string of the molecule is Cc1cc(N2CCNC(C)C2)ccc1OC1COC1. The maximum atomic E-state index is 5.89. The van der Waals surface area contributed by atoms with Gasteiger partial charge in [-0.1, -0.05) is 0 Å². The summed E-state index contributed by atoms with van der Waals surface area (Å²) in [6, 6.07) is 7.04. The van der Waals surface area contributed by atoms with Crippen molar-refractivity contribution in [2.45, 2.75) is 26.0 Å². The summed E-state index contributed by atoms with van der Waals surface area (Å²) in [6.45, 7) is 8.97. The molecule has 0 radical (unpaired) electrons. The summed E-state index contributed by atoms with van der Waals surface area (Å²) in [4.78, 5) is 2.43. The zero-order chi connectivity index (χ0) is 13.2. The van der Waals surface area contributed by atoms with Crippen molar-refractivity contribution in [3.63, 3.8) is 0 Å². The fraction of sp³-hybridized carbons (Fsp3) is 0.600. The molecular formula is C15H22N2O2. The van der Waals surface area contributed by atoms with Gasteiger partial charge in [0.25, 0.3) is 0 Å². The Labute approximate surface area is 114 Å². The molecule has 4 nitrogen and oxygen atoms in total. The van der Waals surface area contributed by atoms with Crippen LogP contribution in [0.2, 0.25) is 0 Å². The first kappa shape index (κ1) is 12.8. The predicted octanol–water partition coefficient (Wildman–Crippen LogP) is 1.57. The van der Waals surface area contributed by atoms with E-state index in [1.54, 1.807) is 0 Å². The van der Waals surface area contributed by atoms with Crippen LogP contribution in [-0.4, -0.2) is 45.0 Å². The van der Waals surface area contributed by atoms with E-state index in [0.717, 1.165) is 38.6 Å². The Morgan fingerprint density at radius 2 is 2.21 bits per heavy atom. The lowest BCUT2D eigenvalue weighted by atomic mass is 10.1. The molecule has 0 saturated carbocycles. The van der Waals surface area contributed by atoms with E-state index in [1.165, 1.54) is 11.3 Å². The first-order valence-electron chi connectivity index (χ1n) is 7.06. The highest BCUT2D eigenvalue weighted by molar-refractivity contribution is 5.53. The van der Waals surface area contributed by atoms with Gasteiger partial charge < -0.3 is 19.7 Å². The molecule has 0 spiro atoms. The lowest BCUT2D eigenvalue weighted by Crippen LogP contribution is -2.49. The second kappa shape index (κ2) is 5.39. The highest BCUT2D eigenvalue weighted by atomic mass is 16.6. The number of rotatable bonds is 3. The third kappa shape index (κ3) is 2.85. The van der Waals surface area contributed by atoms with Crippen molar-refractivity contribution < 1.29 is 9.47 Å². The van der Waals surface area contributed by atoms with Gasteiger partial charge in [-0.2, -0.15) is 0 Å². The zero-order valence-corrected chi connectivity index (χ0v) is 11.7. The summed E-state index contributed by atoms with van der Waals surface area (Å²) < 4.78 is 11.0. The molecule has 2 saturated heterocycles. The minimum absolute atomic E-state index is 0.240. The van der Waals surface area contributed by atoms with E-state index in [9.17, 15) is 0 Å². The molecule has 0 aliphatic carbocycles. The molecule has 1 aromatic rings. The summed E-state index contributed by atoms with van der Waals surface area (Å²) in [5, 5.41) is 3.47. The maximum Gasteiger partial charge on any atom is 0.145 e. The molecule has 3 rings (SSSR count). The van der Waals surface area contributed by atoms with Crippen LogP contribution in [0.5, 0.6) is 5.75 Å². The third-order valence-electron chi connectivity index (χ3n) is 3.79. The minimum Gasteiger partial charge on any atom is -0.485 e. The standard InChI is InChI=1S/C15H22N2O2/c1-11-7-13(17-6-5-16-12(2)8-17)3-4-15(11)19-14-9-18-10-14/h3-4,7,12,14,16H,5-6,8-10H2,1-2H3. The van der Waals surface area contributed by atoms with Gasteiger partial charge >= 0.3 is 0 Å². The molecule has 1 N–H and O–H groups in total. The van der Waals surface area contributed by atoms with Crippen LogP contribution in [0, 0.1) is 6.92 Å². The molecule has 2 aliphatic rings. The molecule has 1 unspecified atom stereocenters. The minimum atomic E-state index is 0.240. The van der Waals surface area contributed by atoms with E-state index in [-0.39, 0.29) is 6.10 Å². The summed E-state index contributed by atoms with van der Waals surface area (Å²) >= 11 is 0. The van der Waals surface area contributed by atoms with E-state index < -0.39 is 0 Å². The number of benzene rings is 1. The van der Waals surface area contributed by atoms with Gasteiger partial charge in [0, 0.05) is 31.4 Å². The van der Waals surface area contributed by atoms with Crippen molar-refractivity contribution in [3.8, 4) is 5.75 Å². The van der Waals surface area contributed by atoms with Gasteiger partial charge in [0.1, 0.15) is 11.9 Å². The van der Waals surface area contributed by atoms with Gasteiger partial charge in [0.05, 0.1) is 13.2 Å². The summed E-state index contributed by atoms with van der Waals surface area (Å²) in [5.74, 6) is 0.986. The van der Waals surface area contributed by atoms with E-state index in [1.807, 2.05) is 0 Å². The summed E-state index contributed by atoms with van der Waals surface area (Å²) in [5.41, 5.74) is 2.50. The smallest absolute Gasteiger partial charge is 0.145 e. The lowest BCUT2D eigenvalue weighted by molar-refractivity contribution is -0.0799. The average Bonchev–Trinajstić information content (AvgIpc) is 2.35. The largest absolute Gasteiger partial charge is 0.485 e. The molecule has 1 aromatic carbocycles. The number of aryl methyl sites for hydroxylation is 1. The number of anilines is 1. The monoisotopic (exact) mass is 262 g/mol. The number of hydrogen-bond donors (Lipinski definition) is 1. The van der Waals surface area contributed by atoms with Gasteiger partial charge in [-0.05, 0) is 37.6 Å². The predicted molar refractivity (Wildman–Crippen MR) is 76.1 cm³/mol. The highest BCUT2D eigenvalue weighted by Crippen LogP contribution is 2.26. The number of ether oxygens (including phenoxy) is 2. The Morgan fingerprint density at radius 1 is 1.37 bits per heavy atom. The van der Waals surface area contributed by atoms with Crippen LogP contribution in [0.1, 0.15) is 12.5 Å². The molecule has 1 atom stereocenters. The molecule has 2 heterocycles. The number of nitrogens with zero attached hydrogens (tertiary/aromatic N) is 1.